The van der Waals surface area contributed by atoms with Gasteiger partial charge in [0.05, 0.1) is 0 Å². The summed E-state index contributed by atoms with van der Waals surface area (Å²) in [4.78, 5) is 14.8. The highest BCUT2D eigenvalue weighted by Crippen LogP contribution is 2.46. The van der Waals surface area contributed by atoms with Crippen LogP contribution in [0, 0.1) is 0 Å². The molecule has 0 aliphatic carbocycles. The molecule has 0 atom stereocenters. The van der Waals surface area contributed by atoms with Gasteiger partial charge >= 0.3 is 0 Å². The molecule has 218 valence electrons. The van der Waals surface area contributed by atoms with Gasteiger partial charge in [-0.15, -0.1) is 0 Å². The van der Waals surface area contributed by atoms with Crippen LogP contribution in [0.3, 0.4) is 0 Å². The van der Waals surface area contributed by atoms with Crippen LogP contribution in [0.5, 0.6) is 0 Å². The van der Waals surface area contributed by atoms with Gasteiger partial charge in [0.25, 0.3) is 0 Å². The van der Waals surface area contributed by atoms with E-state index >= 15 is 0 Å². The van der Waals surface area contributed by atoms with Gasteiger partial charge in [0.2, 0.25) is 0 Å². The van der Waals surface area contributed by atoms with Gasteiger partial charge in [0, 0.05) is 32.8 Å². The molecule has 0 bridgehead atoms. The fourth-order valence-corrected chi connectivity index (χ4v) is 7.05. The van der Waals surface area contributed by atoms with Gasteiger partial charge in [-0.1, -0.05) is 127 Å². The van der Waals surface area contributed by atoms with Crippen LogP contribution in [0.15, 0.2) is 156 Å². The fourth-order valence-electron chi connectivity index (χ4n) is 7.05. The van der Waals surface area contributed by atoms with E-state index in [0.29, 0.717) is 17.5 Å². The lowest BCUT2D eigenvalue weighted by atomic mass is 9.90. The quantitative estimate of drug-likeness (QED) is 0.149. The lowest BCUT2D eigenvalue weighted by Crippen LogP contribution is -2.00. The van der Waals surface area contributed by atoms with Gasteiger partial charge in [-0.25, -0.2) is 15.0 Å². The van der Waals surface area contributed by atoms with Crippen molar-refractivity contribution in [3.05, 3.63) is 152 Å². The summed E-state index contributed by atoms with van der Waals surface area (Å²) in [7, 11) is 0. The molecule has 0 amide bonds. The maximum absolute atomic E-state index is 6.54. The third kappa shape index (κ3) is 4.05. The van der Waals surface area contributed by atoms with Crippen LogP contribution in [0.1, 0.15) is 0 Å². The summed E-state index contributed by atoms with van der Waals surface area (Å²) in [6.07, 6.45) is 0. The first-order valence-electron chi connectivity index (χ1n) is 15.8. The molecule has 0 fully saturated rings. The largest absolute Gasteiger partial charge is 0.455 e. The average Bonchev–Trinajstić information content (AvgIpc) is 3.55. The Labute approximate surface area is 270 Å². The van der Waals surface area contributed by atoms with E-state index in [-0.39, 0.29) is 0 Å². The van der Waals surface area contributed by atoms with Crippen LogP contribution in [-0.2, 0) is 0 Å². The number of furan rings is 1. The van der Waals surface area contributed by atoms with E-state index in [0.717, 1.165) is 44.4 Å². The molecule has 47 heavy (non-hydrogen) atoms. The van der Waals surface area contributed by atoms with E-state index in [4.69, 9.17) is 19.4 Å². The molecule has 2 heterocycles. The highest BCUT2D eigenvalue weighted by Gasteiger charge is 2.20. The molecule has 0 unspecified atom stereocenters. The third-order valence-electron chi connectivity index (χ3n) is 9.24. The Morgan fingerprint density at radius 1 is 0.340 bits per heavy atom. The summed E-state index contributed by atoms with van der Waals surface area (Å²) in [5, 5.41) is 9.56. The minimum absolute atomic E-state index is 0.642. The van der Waals surface area contributed by atoms with Crippen molar-refractivity contribution in [3.8, 4) is 45.3 Å². The molecule has 2 aromatic heterocycles. The first kappa shape index (κ1) is 25.9. The molecule has 8 aromatic carbocycles. The van der Waals surface area contributed by atoms with Crippen molar-refractivity contribution in [1.29, 1.82) is 0 Å². The topological polar surface area (TPSA) is 51.8 Å². The van der Waals surface area contributed by atoms with E-state index in [1.807, 2.05) is 60.7 Å². The molecule has 0 spiro atoms. The van der Waals surface area contributed by atoms with E-state index in [9.17, 15) is 0 Å². The molecule has 0 radical (unpaired) electrons. The Morgan fingerprint density at radius 2 is 0.936 bits per heavy atom. The first-order chi connectivity index (χ1) is 23.3. The second kappa shape index (κ2) is 10.1. The van der Waals surface area contributed by atoms with Crippen molar-refractivity contribution in [3.63, 3.8) is 0 Å². The molecule has 4 heteroatoms. The number of rotatable bonds is 4. The summed E-state index contributed by atoms with van der Waals surface area (Å²) < 4.78 is 6.54. The van der Waals surface area contributed by atoms with Crippen LogP contribution in [-0.4, -0.2) is 15.0 Å². The molecule has 4 nitrogen and oxygen atoms in total. The number of benzene rings is 8. The summed E-state index contributed by atoms with van der Waals surface area (Å²) >= 11 is 0. The Hall–Kier alpha value is -6.39. The summed E-state index contributed by atoms with van der Waals surface area (Å²) in [6, 6.07) is 52.7. The highest BCUT2D eigenvalue weighted by atomic mass is 16.3. The van der Waals surface area contributed by atoms with Crippen LogP contribution in [0.4, 0.5) is 0 Å². The van der Waals surface area contributed by atoms with Gasteiger partial charge in [-0.3, -0.25) is 0 Å². The van der Waals surface area contributed by atoms with Gasteiger partial charge in [-0.05, 0) is 62.3 Å². The molecule has 10 rings (SSSR count). The monoisotopic (exact) mass is 599 g/mol. The smallest absolute Gasteiger partial charge is 0.164 e. The van der Waals surface area contributed by atoms with E-state index in [1.54, 1.807) is 0 Å². The molecule has 0 N–H and O–H groups in total. The molecule has 0 aliphatic rings. The van der Waals surface area contributed by atoms with Crippen LogP contribution in [0.2, 0.25) is 0 Å². The number of aromatic nitrogens is 3. The molecular formula is C43H25N3O. The molecule has 0 aliphatic heterocycles. The molecule has 0 saturated carbocycles. The summed E-state index contributed by atoms with van der Waals surface area (Å²) in [5.74, 6) is 1.95. The van der Waals surface area contributed by atoms with Crippen LogP contribution < -0.4 is 0 Å². The van der Waals surface area contributed by atoms with E-state index in [1.165, 1.54) is 37.7 Å². The Balaban J connectivity index is 1.18. The number of fused-ring (bicyclic) bond motifs is 5. The Kier molecular flexibility index (Phi) is 5.54. The van der Waals surface area contributed by atoms with Gasteiger partial charge in [-0.2, -0.15) is 0 Å². The van der Waals surface area contributed by atoms with Gasteiger partial charge < -0.3 is 4.42 Å². The van der Waals surface area contributed by atoms with Gasteiger partial charge in [0.1, 0.15) is 11.2 Å². The zero-order chi connectivity index (χ0) is 30.9. The minimum Gasteiger partial charge on any atom is -0.455 e. The van der Waals surface area contributed by atoms with Crippen molar-refractivity contribution < 1.29 is 4.42 Å². The number of nitrogens with zero attached hydrogens (tertiary/aromatic N) is 3. The third-order valence-corrected chi connectivity index (χ3v) is 9.24. The van der Waals surface area contributed by atoms with Crippen molar-refractivity contribution in [2.24, 2.45) is 0 Å². The summed E-state index contributed by atoms with van der Waals surface area (Å²) in [5.41, 5.74) is 6.96. The number of hydrogen-bond donors (Lipinski definition) is 0. The molecular weight excluding hydrogens is 574 g/mol. The maximum Gasteiger partial charge on any atom is 0.164 e. The Morgan fingerprint density at radius 3 is 1.70 bits per heavy atom. The molecule has 10 aromatic rings. The standard InChI is InChI=1S/C43H25N3O/c1-3-11-26(12-4-1)41-44-42(27-13-5-2-6-14-27)46-43(45-41)31-17-9-16-28(23-31)29-21-22-33-34-19-10-20-37-38(34)39-36(35(33)24-29)25-30-15-7-8-18-32(30)40(39)47-37/h1-25H. The van der Waals surface area contributed by atoms with Crippen molar-refractivity contribution in [2.75, 3.05) is 0 Å². The second-order valence-electron chi connectivity index (χ2n) is 12.0. The van der Waals surface area contributed by atoms with Crippen LogP contribution >= 0.6 is 0 Å². The predicted molar refractivity (Wildman–Crippen MR) is 193 cm³/mol. The summed E-state index contributed by atoms with van der Waals surface area (Å²) in [6.45, 7) is 0. The fraction of sp³-hybridized carbons (Fsp3) is 0. The van der Waals surface area contributed by atoms with Crippen LogP contribution in [0.25, 0.3) is 99.5 Å². The highest BCUT2D eigenvalue weighted by molar-refractivity contribution is 6.36. The zero-order valence-corrected chi connectivity index (χ0v) is 25.2. The van der Waals surface area contributed by atoms with E-state index < -0.39 is 0 Å². The van der Waals surface area contributed by atoms with Crippen molar-refractivity contribution in [2.45, 2.75) is 0 Å². The van der Waals surface area contributed by atoms with Crippen molar-refractivity contribution in [1.82, 2.24) is 15.0 Å². The normalized spacial score (nSPS) is 11.8. The van der Waals surface area contributed by atoms with Gasteiger partial charge in [0.15, 0.2) is 17.5 Å². The first-order valence-corrected chi connectivity index (χ1v) is 15.8. The second-order valence-corrected chi connectivity index (χ2v) is 12.0. The van der Waals surface area contributed by atoms with Crippen molar-refractivity contribution >= 4 is 54.3 Å². The lowest BCUT2D eigenvalue weighted by molar-refractivity contribution is 0.673. The lowest BCUT2D eigenvalue weighted by Gasteiger charge is -2.12. The Bertz CT molecular complexity index is 2730. The SMILES string of the molecule is c1ccc(-c2nc(-c3ccccc3)nc(-c3cccc(-c4ccc5c(c4)c4cc6ccccc6c6oc7cccc5c7c46)c3)n2)cc1. The average molecular weight is 600 g/mol. The zero-order valence-electron chi connectivity index (χ0n) is 25.2. The predicted octanol–water partition coefficient (Wildman–Crippen LogP) is 11.3. The molecule has 0 saturated heterocycles. The van der Waals surface area contributed by atoms with E-state index in [2.05, 4.69) is 91.0 Å². The minimum atomic E-state index is 0.642. The maximum atomic E-state index is 6.54. The number of hydrogen-bond acceptors (Lipinski definition) is 4.